The standard InChI is InChI=1S/C18H22N2O3S/c1-13-4-5-15(11-18(13)19)14-6-8-17(9-7-14)24(21,22)20-12-16-3-2-10-23-16/h4-9,11,16,20H,2-3,10,12,19H2,1H3. The highest BCUT2D eigenvalue weighted by Gasteiger charge is 2.20. The Bertz CT molecular complexity index is 811. The second-order valence-corrected chi connectivity index (χ2v) is 7.85. The molecule has 5 nitrogen and oxygen atoms in total. The number of sulfonamides is 1. The average Bonchev–Trinajstić information content (AvgIpc) is 3.09. The van der Waals surface area contributed by atoms with Crippen molar-refractivity contribution in [3.8, 4) is 11.1 Å². The van der Waals surface area contributed by atoms with E-state index in [4.69, 9.17) is 10.5 Å². The van der Waals surface area contributed by atoms with Gasteiger partial charge in [0.25, 0.3) is 0 Å². The number of nitrogens with one attached hydrogen (secondary N) is 1. The molecule has 0 saturated carbocycles. The van der Waals surface area contributed by atoms with Gasteiger partial charge in [0.2, 0.25) is 10.0 Å². The van der Waals surface area contributed by atoms with Gasteiger partial charge in [-0.05, 0) is 54.7 Å². The number of hydrogen-bond donors (Lipinski definition) is 2. The van der Waals surface area contributed by atoms with E-state index >= 15 is 0 Å². The van der Waals surface area contributed by atoms with Crippen LogP contribution in [-0.2, 0) is 14.8 Å². The van der Waals surface area contributed by atoms with Crippen molar-refractivity contribution in [1.29, 1.82) is 0 Å². The van der Waals surface area contributed by atoms with Gasteiger partial charge < -0.3 is 10.5 Å². The first-order valence-corrected chi connectivity index (χ1v) is 9.52. The van der Waals surface area contributed by atoms with Crippen LogP contribution in [-0.4, -0.2) is 27.7 Å². The molecule has 1 saturated heterocycles. The molecule has 1 aliphatic heterocycles. The number of ether oxygens (including phenoxy) is 1. The van der Waals surface area contributed by atoms with Crippen LogP contribution in [0.2, 0.25) is 0 Å². The van der Waals surface area contributed by atoms with Crippen molar-refractivity contribution in [3.63, 3.8) is 0 Å². The molecule has 0 aromatic heterocycles. The van der Waals surface area contributed by atoms with Crippen LogP contribution in [0.15, 0.2) is 47.4 Å². The Morgan fingerprint density at radius 2 is 1.88 bits per heavy atom. The molecule has 1 fully saturated rings. The summed E-state index contributed by atoms with van der Waals surface area (Å²) in [6.07, 6.45) is 1.87. The van der Waals surface area contributed by atoms with Gasteiger partial charge in [-0.25, -0.2) is 13.1 Å². The minimum Gasteiger partial charge on any atom is -0.398 e. The second kappa shape index (κ2) is 6.93. The highest BCUT2D eigenvalue weighted by Crippen LogP contribution is 2.25. The molecule has 6 heteroatoms. The zero-order valence-corrected chi connectivity index (χ0v) is 14.5. The minimum atomic E-state index is -3.52. The second-order valence-electron chi connectivity index (χ2n) is 6.08. The van der Waals surface area contributed by atoms with Gasteiger partial charge in [0.1, 0.15) is 0 Å². The van der Waals surface area contributed by atoms with Crippen LogP contribution in [0.3, 0.4) is 0 Å². The number of anilines is 1. The normalized spacial score (nSPS) is 18.0. The van der Waals surface area contributed by atoms with Crippen LogP contribution < -0.4 is 10.5 Å². The van der Waals surface area contributed by atoms with Crippen molar-refractivity contribution in [2.24, 2.45) is 0 Å². The molecule has 1 atom stereocenters. The van der Waals surface area contributed by atoms with Crippen LogP contribution >= 0.6 is 0 Å². The molecule has 3 rings (SSSR count). The SMILES string of the molecule is Cc1ccc(-c2ccc(S(=O)(=O)NCC3CCCO3)cc2)cc1N. The highest BCUT2D eigenvalue weighted by molar-refractivity contribution is 7.89. The predicted molar refractivity (Wildman–Crippen MR) is 95.2 cm³/mol. The van der Waals surface area contributed by atoms with Crippen molar-refractivity contribution in [1.82, 2.24) is 4.72 Å². The molecule has 0 bridgehead atoms. The lowest BCUT2D eigenvalue weighted by Crippen LogP contribution is -2.31. The molecule has 24 heavy (non-hydrogen) atoms. The summed E-state index contributed by atoms with van der Waals surface area (Å²) in [5.41, 5.74) is 9.58. The number of rotatable bonds is 5. The van der Waals surface area contributed by atoms with E-state index in [2.05, 4.69) is 4.72 Å². The zero-order valence-electron chi connectivity index (χ0n) is 13.7. The maximum atomic E-state index is 12.3. The van der Waals surface area contributed by atoms with Crippen molar-refractivity contribution < 1.29 is 13.2 Å². The molecule has 0 aliphatic carbocycles. The van der Waals surface area contributed by atoms with E-state index in [0.29, 0.717) is 13.2 Å². The van der Waals surface area contributed by atoms with Crippen LogP contribution in [0, 0.1) is 6.92 Å². The first kappa shape index (κ1) is 17.0. The average molecular weight is 346 g/mol. The van der Waals surface area contributed by atoms with E-state index in [1.807, 2.05) is 25.1 Å². The van der Waals surface area contributed by atoms with E-state index in [1.54, 1.807) is 24.3 Å². The predicted octanol–water partition coefficient (Wildman–Crippen LogP) is 2.70. The summed E-state index contributed by atoms with van der Waals surface area (Å²) in [6.45, 7) is 2.98. The fourth-order valence-corrected chi connectivity index (χ4v) is 3.80. The molecule has 2 aromatic rings. The lowest BCUT2D eigenvalue weighted by molar-refractivity contribution is 0.114. The summed E-state index contributed by atoms with van der Waals surface area (Å²) in [7, 11) is -3.52. The van der Waals surface area contributed by atoms with Gasteiger partial charge >= 0.3 is 0 Å². The molecular weight excluding hydrogens is 324 g/mol. The highest BCUT2D eigenvalue weighted by atomic mass is 32.2. The van der Waals surface area contributed by atoms with Crippen molar-refractivity contribution >= 4 is 15.7 Å². The summed E-state index contributed by atoms with van der Waals surface area (Å²) < 4.78 is 32.8. The Hall–Kier alpha value is -1.89. The third-order valence-corrected chi connectivity index (χ3v) is 5.74. The summed E-state index contributed by atoms with van der Waals surface area (Å²) in [5.74, 6) is 0. The third-order valence-electron chi connectivity index (χ3n) is 4.30. The molecule has 0 radical (unpaired) electrons. The van der Waals surface area contributed by atoms with E-state index in [-0.39, 0.29) is 11.0 Å². The molecule has 1 heterocycles. The smallest absolute Gasteiger partial charge is 0.240 e. The number of nitrogen functional groups attached to an aromatic ring is 1. The maximum Gasteiger partial charge on any atom is 0.240 e. The van der Waals surface area contributed by atoms with Crippen molar-refractivity contribution in [2.75, 3.05) is 18.9 Å². The van der Waals surface area contributed by atoms with Gasteiger partial charge in [0.15, 0.2) is 0 Å². The van der Waals surface area contributed by atoms with Gasteiger partial charge in [-0.15, -0.1) is 0 Å². The van der Waals surface area contributed by atoms with Gasteiger partial charge in [-0.1, -0.05) is 24.3 Å². The molecule has 128 valence electrons. The Morgan fingerprint density at radius 3 is 2.50 bits per heavy atom. The summed E-state index contributed by atoms with van der Waals surface area (Å²) in [5, 5.41) is 0. The van der Waals surface area contributed by atoms with Gasteiger partial charge in [0.05, 0.1) is 11.0 Å². The van der Waals surface area contributed by atoms with E-state index in [9.17, 15) is 8.42 Å². The number of aryl methyl sites for hydroxylation is 1. The number of benzene rings is 2. The van der Waals surface area contributed by atoms with E-state index < -0.39 is 10.0 Å². The Balaban J connectivity index is 1.74. The largest absolute Gasteiger partial charge is 0.398 e. The van der Waals surface area contributed by atoms with Crippen LogP contribution in [0.5, 0.6) is 0 Å². The maximum absolute atomic E-state index is 12.3. The number of hydrogen-bond acceptors (Lipinski definition) is 4. The molecule has 1 aliphatic rings. The fraction of sp³-hybridized carbons (Fsp3) is 0.333. The first-order valence-electron chi connectivity index (χ1n) is 8.03. The summed E-state index contributed by atoms with van der Waals surface area (Å²) in [6, 6.07) is 12.7. The van der Waals surface area contributed by atoms with E-state index in [1.165, 1.54) is 0 Å². The van der Waals surface area contributed by atoms with Crippen molar-refractivity contribution in [2.45, 2.75) is 30.8 Å². The minimum absolute atomic E-state index is 0.0189. The number of nitrogens with two attached hydrogens (primary N) is 1. The van der Waals surface area contributed by atoms with Crippen LogP contribution in [0.1, 0.15) is 18.4 Å². The van der Waals surface area contributed by atoms with E-state index in [0.717, 1.165) is 35.2 Å². The Kier molecular flexibility index (Phi) is 4.89. The van der Waals surface area contributed by atoms with Gasteiger partial charge in [-0.3, -0.25) is 0 Å². The quantitative estimate of drug-likeness (QED) is 0.816. The summed E-state index contributed by atoms with van der Waals surface area (Å²) >= 11 is 0. The van der Waals surface area contributed by atoms with Gasteiger partial charge in [-0.2, -0.15) is 0 Å². The monoisotopic (exact) mass is 346 g/mol. The van der Waals surface area contributed by atoms with Gasteiger partial charge in [0, 0.05) is 18.8 Å². The van der Waals surface area contributed by atoms with Crippen LogP contribution in [0.4, 0.5) is 5.69 Å². The summed E-state index contributed by atoms with van der Waals surface area (Å²) in [4.78, 5) is 0.254. The molecule has 1 unspecified atom stereocenters. The first-order chi connectivity index (χ1) is 11.5. The topological polar surface area (TPSA) is 81.4 Å². The molecule has 3 N–H and O–H groups in total. The molecule has 0 spiro atoms. The van der Waals surface area contributed by atoms with Crippen molar-refractivity contribution in [3.05, 3.63) is 48.0 Å². The Morgan fingerprint density at radius 1 is 1.17 bits per heavy atom. The third kappa shape index (κ3) is 3.77. The fourth-order valence-electron chi connectivity index (χ4n) is 2.74. The van der Waals surface area contributed by atoms with Crippen LogP contribution in [0.25, 0.3) is 11.1 Å². The molecule has 0 amide bonds. The molecular formula is C18H22N2O3S. The lowest BCUT2D eigenvalue weighted by Gasteiger charge is -2.12. The molecule has 2 aromatic carbocycles. The lowest BCUT2D eigenvalue weighted by atomic mass is 10.0. The Labute approximate surface area is 142 Å². The zero-order chi connectivity index (χ0) is 17.2.